The quantitative estimate of drug-likeness (QED) is 0.851. The first-order valence-corrected chi connectivity index (χ1v) is 5.49. The number of aromatic carboxylic acids is 1. The summed E-state index contributed by atoms with van der Waals surface area (Å²) in [5, 5.41) is 19.0. The second-order valence-electron chi connectivity index (χ2n) is 4.17. The van der Waals surface area contributed by atoms with E-state index in [0.717, 1.165) is 22.0 Å². The minimum atomic E-state index is -0.901. The van der Waals surface area contributed by atoms with Crippen molar-refractivity contribution in [1.82, 2.24) is 4.57 Å². The largest absolute Gasteiger partial charge is 0.478 e. The summed E-state index contributed by atoms with van der Waals surface area (Å²) in [6.07, 6.45) is 1.88. The second-order valence-corrected chi connectivity index (χ2v) is 4.17. The molecule has 0 bridgehead atoms. The zero-order valence-corrected chi connectivity index (χ0v) is 9.90. The highest BCUT2D eigenvalue weighted by atomic mass is 16.4. The predicted octanol–water partition coefficient (Wildman–Crippen LogP) is 1.95. The van der Waals surface area contributed by atoms with Crippen molar-refractivity contribution in [2.45, 2.75) is 20.4 Å². The van der Waals surface area contributed by atoms with Crippen molar-refractivity contribution in [3.63, 3.8) is 0 Å². The van der Waals surface area contributed by atoms with Crippen molar-refractivity contribution >= 4 is 16.9 Å². The number of rotatable bonds is 3. The van der Waals surface area contributed by atoms with Gasteiger partial charge in [-0.2, -0.15) is 0 Å². The lowest BCUT2D eigenvalue weighted by molar-refractivity contribution is 0.0696. The Labute approximate surface area is 99.1 Å². The number of aryl methyl sites for hydroxylation is 2. The number of nitrogens with zero attached hydrogens (tertiary/aromatic N) is 1. The fourth-order valence-electron chi connectivity index (χ4n) is 2.27. The molecule has 17 heavy (non-hydrogen) atoms. The number of hydrogen-bond acceptors (Lipinski definition) is 2. The predicted molar refractivity (Wildman–Crippen MR) is 65.5 cm³/mol. The maximum atomic E-state index is 11.1. The second kappa shape index (κ2) is 4.22. The van der Waals surface area contributed by atoms with E-state index in [1.807, 2.05) is 30.7 Å². The van der Waals surface area contributed by atoms with E-state index >= 15 is 0 Å². The number of aliphatic hydroxyl groups excluding tert-OH is 1. The van der Waals surface area contributed by atoms with Gasteiger partial charge in [0.15, 0.2) is 0 Å². The Morgan fingerprint density at radius 2 is 2.12 bits per heavy atom. The molecule has 0 aliphatic carbocycles. The number of benzene rings is 1. The van der Waals surface area contributed by atoms with Gasteiger partial charge in [0.25, 0.3) is 0 Å². The third kappa shape index (κ3) is 1.80. The summed E-state index contributed by atoms with van der Waals surface area (Å²) < 4.78 is 1.95. The van der Waals surface area contributed by atoms with Gasteiger partial charge < -0.3 is 14.8 Å². The highest BCUT2D eigenvalue weighted by Gasteiger charge is 2.14. The molecule has 0 radical (unpaired) electrons. The molecule has 1 heterocycles. The fraction of sp³-hybridized carbons (Fsp3) is 0.308. The Morgan fingerprint density at radius 3 is 2.71 bits per heavy atom. The summed E-state index contributed by atoms with van der Waals surface area (Å²) in [4.78, 5) is 11.1. The van der Waals surface area contributed by atoms with Crippen molar-refractivity contribution < 1.29 is 15.0 Å². The molecular weight excluding hydrogens is 218 g/mol. The first-order valence-electron chi connectivity index (χ1n) is 5.49. The van der Waals surface area contributed by atoms with Gasteiger partial charge in [0.1, 0.15) is 0 Å². The summed E-state index contributed by atoms with van der Waals surface area (Å²) in [5.41, 5.74) is 3.04. The maximum Gasteiger partial charge on any atom is 0.335 e. The zero-order valence-electron chi connectivity index (χ0n) is 9.90. The Kier molecular flexibility index (Phi) is 2.90. The molecule has 0 amide bonds. The number of carboxylic acid groups (broad SMARTS) is 1. The van der Waals surface area contributed by atoms with E-state index < -0.39 is 5.97 Å². The van der Waals surface area contributed by atoms with Gasteiger partial charge in [0.05, 0.1) is 17.7 Å². The van der Waals surface area contributed by atoms with Crippen LogP contribution in [0.15, 0.2) is 18.3 Å². The monoisotopic (exact) mass is 233 g/mol. The maximum absolute atomic E-state index is 11.1. The van der Waals surface area contributed by atoms with Gasteiger partial charge >= 0.3 is 5.97 Å². The summed E-state index contributed by atoms with van der Waals surface area (Å²) >= 11 is 0. The van der Waals surface area contributed by atoms with Gasteiger partial charge in [-0.3, -0.25) is 0 Å². The van der Waals surface area contributed by atoms with E-state index in [2.05, 4.69) is 0 Å². The van der Waals surface area contributed by atoms with Crippen LogP contribution in [0.2, 0.25) is 0 Å². The number of aromatic nitrogens is 1. The van der Waals surface area contributed by atoms with Crippen LogP contribution in [-0.2, 0) is 6.54 Å². The fourth-order valence-corrected chi connectivity index (χ4v) is 2.27. The first kappa shape index (κ1) is 11.7. The molecule has 2 N–H and O–H groups in total. The molecule has 2 rings (SSSR count). The third-order valence-corrected chi connectivity index (χ3v) is 3.08. The van der Waals surface area contributed by atoms with Crippen LogP contribution in [0, 0.1) is 13.8 Å². The van der Waals surface area contributed by atoms with Crippen LogP contribution in [0.5, 0.6) is 0 Å². The molecule has 1 aromatic heterocycles. The van der Waals surface area contributed by atoms with E-state index in [-0.39, 0.29) is 6.61 Å². The first-order chi connectivity index (χ1) is 8.06. The average Bonchev–Trinajstić information content (AvgIpc) is 2.68. The summed E-state index contributed by atoms with van der Waals surface area (Å²) in [7, 11) is 0. The number of carbonyl (C=O) groups is 1. The minimum Gasteiger partial charge on any atom is -0.478 e. The number of fused-ring (bicyclic) bond motifs is 1. The van der Waals surface area contributed by atoms with Gasteiger partial charge in [-0.25, -0.2) is 4.79 Å². The van der Waals surface area contributed by atoms with Gasteiger partial charge in [-0.15, -0.1) is 0 Å². The molecule has 2 aromatic rings. The van der Waals surface area contributed by atoms with Crippen molar-refractivity contribution in [2.24, 2.45) is 0 Å². The molecule has 4 nitrogen and oxygen atoms in total. The lowest BCUT2D eigenvalue weighted by Crippen LogP contribution is -2.04. The van der Waals surface area contributed by atoms with Gasteiger partial charge in [0, 0.05) is 18.1 Å². The van der Waals surface area contributed by atoms with Gasteiger partial charge in [-0.05, 0) is 37.1 Å². The van der Waals surface area contributed by atoms with Crippen molar-refractivity contribution in [1.29, 1.82) is 0 Å². The van der Waals surface area contributed by atoms with Gasteiger partial charge in [0.2, 0.25) is 0 Å². The van der Waals surface area contributed by atoms with E-state index in [0.29, 0.717) is 12.1 Å². The van der Waals surface area contributed by atoms with Crippen LogP contribution in [0.25, 0.3) is 10.9 Å². The highest BCUT2D eigenvalue weighted by molar-refractivity contribution is 5.98. The Balaban J connectivity index is 2.75. The molecule has 0 spiro atoms. The van der Waals surface area contributed by atoms with Crippen molar-refractivity contribution in [3.05, 3.63) is 35.0 Å². The highest BCUT2D eigenvalue weighted by Crippen LogP contribution is 2.26. The molecular formula is C13H15NO3. The summed E-state index contributed by atoms with van der Waals surface area (Å²) in [5.74, 6) is -0.901. The van der Waals surface area contributed by atoms with E-state index in [9.17, 15) is 4.79 Å². The smallest absolute Gasteiger partial charge is 0.335 e. The number of aliphatic hydroxyl groups is 1. The standard InChI is InChI=1S/C13H15NO3/c1-8-7-11(13(16)17)9(2)10-3-4-14(5-6-15)12(8)10/h3-4,7,15H,5-6H2,1-2H3,(H,16,17). The van der Waals surface area contributed by atoms with Crippen molar-refractivity contribution in [2.75, 3.05) is 6.61 Å². The van der Waals surface area contributed by atoms with Crippen LogP contribution >= 0.6 is 0 Å². The zero-order chi connectivity index (χ0) is 12.6. The molecule has 0 fully saturated rings. The minimum absolute atomic E-state index is 0.0724. The molecule has 0 saturated carbocycles. The molecule has 0 aliphatic heterocycles. The van der Waals surface area contributed by atoms with Gasteiger partial charge in [-0.1, -0.05) is 0 Å². The number of hydrogen-bond donors (Lipinski definition) is 2. The third-order valence-electron chi connectivity index (χ3n) is 3.08. The molecule has 90 valence electrons. The lowest BCUT2D eigenvalue weighted by Gasteiger charge is -2.09. The van der Waals surface area contributed by atoms with Crippen LogP contribution in [-0.4, -0.2) is 27.4 Å². The Hall–Kier alpha value is -1.81. The van der Waals surface area contributed by atoms with E-state index in [4.69, 9.17) is 10.2 Å². The van der Waals surface area contributed by atoms with Crippen LogP contribution in [0.4, 0.5) is 0 Å². The molecule has 4 heteroatoms. The topological polar surface area (TPSA) is 62.5 Å². The molecule has 0 unspecified atom stereocenters. The average molecular weight is 233 g/mol. The van der Waals surface area contributed by atoms with Crippen LogP contribution in [0.1, 0.15) is 21.5 Å². The lowest BCUT2D eigenvalue weighted by atomic mass is 10.0. The Morgan fingerprint density at radius 1 is 1.41 bits per heavy atom. The summed E-state index contributed by atoms with van der Waals surface area (Å²) in [6.45, 7) is 4.30. The SMILES string of the molecule is Cc1c(C(=O)O)cc(C)c2c1ccn2CCO. The normalized spacial score (nSPS) is 11.0. The van der Waals surface area contributed by atoms with Crippen LogP contribution in [0.3, 0.4) is 0 Å². The molecule has 0 aliphatic rings. The molecule has 0 saturated heterocycles. The molecule has 0 atom stereocenters. The van der Waals surface area contributed by atoms with E-state index in [1.165, 1.54) is 0 Å². The van der Waals surface area contributed by atoms with Crippen LogP contribution < -0.4 is 0 Å². The Bertz CT molecular complexity index is 584. The molecule has 1 aromatic carbocycles. The van der Waals surface area contributed by atoms with Crippen molar-refractivity contribution in [3.8, 4) is 0 Å². The number of carboxylic acids is 1. The summed E-state index contributed by atoms with van der Waals surface area (Å²) in [6, 6.07) is 3.59. The van der Waals surface area contributed by atoms with E-state index in [1.54, 1.807) is 6.07 Å².